The zero-order chi connectivity index (χ0) is 31.7. The van der Waals surface area contributed by atoms with Gasteiger partial charge in [-0.15, -0.1) is 11.3 Å². The van der Waals surface area contributed by atoms with Crippen molar-refractivity contribution in [3.63, 3.8) is 0 Å². The number of ether oxygens (including phenoxy) is 1. The summed E-state index contributed by atoms with van der Waals surface area (Å²) in [5.74, 6) is -4.82. The summed E-state index contributed by atoms with van der Waals surface area (Å²) in [6.07, 6.45) is 1.41. The number of hydrogen-bond acceptors (Lipinski definition) is 13. The molecular weight excluding hydrogens is 604 g/mol. The molecule has 4 amide bonds. The van der Waals surface area contributed by atoms with Gasteiger partial charge in [0.1, 0.15) is 24.4 Å². The number of β-lactam (4-membered cyclic amide) rings is 1. The molecule has 19 heteroatoms. The average Bonchev–Trinajstić information content (AvgIpc) is 3.58. The molecule has 228 valence electrons. The Balaban J connectivity index is 1.34. The third-order valence-electron chi connectivity index (χ3n) is 6.72. The van der Waals surface area contributed by atoms with E-state index in [1.54, 1.807) is 0 Å². The molecule has 2 aromatic rings. The van der Waals surface area contributed by atoms with Gasteiger partial charge in [-0.3, -0.25) is 34.2 Å². The van der Waals surface area contributed by atoms with Crippen molar-refractivity contribution in [3.8, 4) is 0 Å². The number of nitro benzene ring substituents is 1. The summed E-state index contributed by atoms with van der Waals surface area (Å²) in [5, 5.41) is 28.6. The van der Waals surface area contributed by atoms with E-state index in [0.29, 0.717) is 5.69 Å². The van der Waals surface area contributed by atoms with Gasteiger partial charge in [0.15, 0.2) is 28.9 Å². The predicted molar refractivity (Wildman–Crippen MR) is 150 cm³/mol. The van der Waals surface area contributed by atoms with Crippen LogP contribution in [0.15, 0.2) is 57.9 Å². The number of carbonyl (C=O) groups is 5. The topological polar surface area (TPSA) is 263 Å². The highest BCUT2D eigenvalue weighted by atomic mass is 32.1. The van der Waals surface area contributed by atoms with E-state index in [1.807, 2.05) is 0 Å². The first-order chi connectivity index (χ1) is 21.0. The third-order valence-corrected chi connectivity index (χ3v) is 7.39. The van der Waals surface area contributed by atoms with E-state index in [-0.39, 0.29) is 47.4 Å². The average molecular weight is 627 g/mol. The molecule has 0 bridgehead atoms. The van der Waals surface area contributed by atoms with Crippen LogP contribution in [0.2, 0.25) is 0 Å². The Labute approximate surface area is 250 Å². The lowest BCUT2D eigenvalue weighted by molar-refractivity contribution is -0.384. The van der Waals surface area contributed by atoms with Gasteiger partial charge in [-0.2, -0.15) is 0 Å². The van der Waals surface area contributed by atoms with Crippen LogP contribution in [0.4, 0.5) is 16.5 Å². The molecule has 6 N–H and O–H groups in total. The van der Waals surface area contributed by atoms with Crippen LogP contribution in [-0.4, -0.2) is 87.1 Å². The van der Waals surface area contributed by atoms with E-state index in [9.17, 15) is 39.2 Å². The minimum atomic E-state index is -1.51. The minimum Gasteiger partial charge on any atom is -0.489 e. The molecule has 1 aromatic heterocycles. The van der Waals surface area contributed by atoms with Crippen molar-refractivity contribution >= 4 is 63.2 Å². The fourth-order valence-electron chi connectivity index (χ4n) is 4.73. The SMILES string of the molecule is NC(=O)CO/N=C(\C(=O)N[C@@H]1C(=O)N2C(C(=O)O)=C(/C=C3\CCN(c4cccc([N+](=O)[O-])c4)C3=O)OC[C@H]12)c1csc(N)n1. The summed E-state index contributed by atoms with van der Waals surface area (Å²) in [6, 6.07) is 3.37. The Morgan fingerprint density at radius 1 is 1.34 bits per heavy atom. The maximum Gasteiger partial charge on any atom is 0.356 e. The highest BCUT2D eigenvalue weighted by Gasteiger charge is 2.55. The number of allylic oxidation sites excluding steroid dienone is 1. The molecule has 44 heavy (non-hydrogen) atoms. The molecule has 5 rings (SSSR count). The largest absolute Gasteiger partial charge is 0.489 e. The van der Waals surface area contributed by atoms with Crippen LogP contribution in [0.25, 0.3) is 0 Å². The molecule has 0 radical (unpaired) electrons. The number of nitrogens with one attached hydrogen (secondary N) is 1. The minimum absolute atomic E-state index is 0.00147. The van der Waals surface area contributed by atoms with Gasteiger partial charge in [0.2, 0.25) is 0 Å². The lowest BCUT2D eigenvalue weighted by atomic mass is 9.92. The predicted octanol–water partition coefficient (Wildman–Crippen LogP) is -0.775. The van der Waals surface area contributed by atoms with Crippen molar-refractivity contribution < 1.29 is 43.6 Å². The van der Waals surface area contributed by atoms with Gasteiger partial charge < -0.3 is 36.4 Å². The molecule has 0 unspecified atom stereocenters. The molecular formula is C25H22N8O10S. The number of carbonyl (C=O) groups excluding carboxylic acids is 4. The van der Waals surface area contributed by atoms with E-state index in [0.717, 1.165) is 16.2 Å². The van der Waals surface area contributed by atoms with Crippen LogP contribution in [-0.2, 0) is 33.5 Å². The molecule has 0 aliphatic carbocycles. The van der Waals surface area contributed by atoms with Gasteiger partial charge in [-0.25, -0.2) is 9.78 Å². The summed E-state index contributed by atoms with van der Waals surface area (Å²) in [4.78, 5) is 84.1. The number of amides is 4. The van der Waals surface area contributed by atoms with E-state index in [4.69, 9.17) is 21.0 Å². The van der Waals surface area contributed by atoms with Crippen LogP contribution < -0.4 is 21.7 Å². The highest BCUT2D eigenvalue weighted by Crippen LogP contribution is 2.35. The van der Waals surface area contributed by atoms with Crippen LogP contribution in [0.5, 0.6) is 0 Å². The Morgan fingerprint density at radius 2 is 2.11 bits per heavy atom. The van der Waals surface area contributed by atoms with Gasteiger partial charge >= 0.3 is 5.97 Å². The maximum atomic E-state index is 13.1. The standard InChI is InChI=1S/C25H22N8O10S/c26-17(34)9-43-30-18(14-10-44-25(27)28-14)21(35)29-19-15-8-42-16(20(24(38)39)32(15)23(19)37)6-11-4-5-31(22(11)36)12-2-1-3-13(7-12)33(40)41/h1-3,6-7,10,15,19H,4-5,8-9H2,(H2,26,34)(H2,27,28)(H,29,35)(H,38,39)/b11-6+,30-18-/t15-,19+/m1/s1. The third kappa shape index (κ3) is 5.62. The molecule has 2 atom stereocenters. The number of nitrogens with zero attached hydrogens (tertiary/aromatic N) is 5. The molecule has 2 fully saturated rings. The second kappa shape index (κ2) is 11.8. The van der Waals surface area contributed by atoms with Gasteiger partial charge in [0.25, 0.3) is 29.3 Å². The Morgan fingerprint density at radius 3 is 2.77 bits per heavy atom. The van der Waals surface area contributed by atoms with Gasteiger partial charge in [0.05, 0.1) is 10.6 Å². The van der Waals surface area contributed by atoms with Crippen LogP contribution in [0.3, 0.4) is 0 Å². The van der Waals surface area contributed by atoms with Crippen LogP contribution in [0.1, 0.15) is 12.1 Å². The fourth-order valence-corrected chi connectivity index (χ4v) is 5.28. The van der Waals surface area contributed by atoms with Gasteiger partial charge in [0, 0.05) is 29.6 Å². The fraction of sp³-hybridized carbons (Fsp3) is 0.240. The monoisotopic (exact) mass is 626 g/mol. The molecule has 1 aromatic carbocycles. The lowest BCUT2D eigenvalue weighted by Gasteiger charge is -2.49. The second-order valence-corrected chi connectivity index (χ2v) is 10.3. The molecule has 0 saturated carbocycles. The van der Waals surface area contributed by atoms with E-state index >= 15 is 0 Å². The number of oxime groups is 1. The van der Waals surface area contributed by atoms with E-state index < -0.39 is 64.6 Å². The number of nitrogens with two attached hydrogens (primary N) is 2. The number of fused-ring (bicyclic) bond motifs is 1. The second-order valence-electron chi connectivity index (χ2n) is 9.46. The van der Waals surface area contributed by atoms with Crippen molar-refractivity contribution in [2.75, 3.05) is 30.4 Å². The first kappa shape index (κ1) is 29.6. The number of carboxylic acids is 1. The summed E-state index contributed by atoms with van der Waals surface area (Å²) in [5.41, 5.74) is 9.98. The zero-order valence-corrected chi connectivity index (χ0v) is 23.2. The molecule has 4 heterocycles. The summed E-state index contributed by atoms with van der Waals surface area (Å²) >= 11 is 0.997. The number of anilines is 2. The number of rotatable bonds is 10. The van der Waals surface area contributed by atoms with Crippen LogP contribution in [0, 0.1) is 10.1 Å². The van der Waals surface area contributed by atoms with Crippen molar-refractivity contribution in [1.82, 2.24) is 15.2 Å². The molecule has 3 aliphatic rings. The van der Waals surface area contributed by atoms with Crippen molar-refractivity contribution in [2.45, 2.75) is 18.5 Å². The summed E-state index contributed by atoms with van der Waals surface area (Å²) in [6.45, 7) is -0.693. The summed E-state index contributed by atoms with van der Waals surface area (Å²) < 4.78 is 5.67. The van der Waals surface area contributed by atoms with Gasteiger partial charge in [-0.1, -0.05) is 11.2 Å². The smallest absolute Gasteiger partial charge is 0.356 e. The normalized spacial score (nSPS) is 20.6. The number of benzene rings is 1. The molecule has 0 spiro atoms. The van der Waals surface area contributed by atoms with E-state index in [1.165, 1.54) is 40.6 Å². The summed E-state index contributed by atoms with van der Waals surface area (Å²) in [7, 11) is 0. The Kier molecular flexibility index (Phi) is 7.95. The van der Waals surface area contributed by atoms with E-state index in [2.05, 4.69) is 15.5 Å². The molecule has 18 nitrogen and oxygen atoms in total. The number of aliphatic carboxylic acids is 1. The molecule has 2 saturated heterocycles. The van der Waals surface area contributed by atoms with Crippen molar-refractivity contribution in [2.24, 2.45) is 10.9 Å². The van der Waals surface area contributed by atoms with Gasteiger partial charge in [-0.05, 0) is 18.6 Å². The quantitative estimate of drug-likeness (QED) is 0.0832. The Hall–Kier alpha value is -5.85. The number of aromatic nitrogens is 1. The Bertz CT molecular complexity index is 1700. The number of nitrogen functional groups attached to an aromatic ring is 1. The van der Waals surface area contributed by atoms with Crippen LogP contribution >= 0.6 is 11.3 Å². The number of hydrogen-bond donors (Lipinski definition) is 4. The number of non-ortho nitro benzene ring substituents is 1. The maximum absolute atomic E-state index is 13.1. The highest BCUT2D eigenvalue weighted by molar-refractivity contribution is 7.13. The van der Waals surface area contributed by atoms with Crippen molar-refractivity contribution in [3.05, 3.63) is 68.6 Å². The molecule has 3 aliphatic heterocycles. The lowest BCUT2D eigenvalue weighted by Crippen LogP contribution is -2.73. The first-order valence-electron chi connectivity index (χ1n) is 12.7. The number of carboxylic acid groups (broad SMARTS) is 1. The number of thiazole rings is 1. The van der Waals surface area contributed by atoms with Crippen molar-refractivity contribution in [1.29, 1.82) is 0 Å². The first-order valence-corrected chi connectivity index (χ1v) is 13.5. The number of nitro groups is 1. The zero-order valence-electron chi connectivity index (χ0n) is 22.4. The number of primary amides is 1.